The normalized spacial score (nSPS) is 16.8. The van der Waals surface area contributed by atoms with Gasteiger partial charge in [-0.2, -0.15) is 0 Å². The largest absolute Gasteiger partial charge is 0.508 e. The van der Waals surface area contributed by atoms with Crippen molar-refractivity contribution in [3.8, 4) is 17.2 Å². The van der Waals surface area contributed by atoms with Gasteiger partial charge in [-0.05, 0) is 121 Å². The van der Waals surface area contributed by atoms with E-state index in [-0.39, 0.29) is 5.75 Å². The molecular formula is C41H56O3. The van der Waals surface area contributed by atoms with Crippen molar-refractivity contribution in [3.63, 3.8) is 0 Å². The molecule has 2 fully saturated rings. The van der Waals surface area contributed by atoms with Gasteiger partial charge in [0, 0.05) is 5.41 Å². The van der Waals surface area contributed by atoms with E-state index in [0.29, 0.717) is 23.3 Å². The Hall–Kier alpha value is -2.94. The van der Waals surface area contributed by atoms with Crippen molar-refractivity contribution < 1.29 is 15.3 Å². The zero-order valence-electron chi connectivity index (χ0n) is 27.6. The molecule has 0 atom stereocenters. The van der Waals surface area contributed by atoms with E-state index < -0.39 is 5.41 Å². The van der Waals surface area contributed by atoms with Crippen LogP contribution in [0.2, 0.25) is 0 Å². The predicted octanol–water partition coefficient (Wildman–Crippen LogP) is 11.6. The number of phenolic OH excluding ortho intramolecular Hbond substituents is 3. The van der Waals surface area contributed by atoms with Crippen LogP contribution in [0.25, 0.3) is 0 Å². The molecule has 238 valence electrons. The maximum absolute atomic E-state index is 11.3. The van der Waals surface area contributed by atoms with E-state index in [1.165, 1.54) is 87.3 Å². The summed E-state index contributed by atoms with van der Waals surface area (Å²) in [6.07, 6.45) is 20.2. The fourth-order valence-electron chi connectivity index (χ4n) is 8.61. The lowest BCUT2D eigenvalue weighted by Crippen LogP contribution is -2.32. The Bertz CT molecular complexity index is 1290. The summed E-state index contributed by atoms with van der Waals surface area (Å²) in [6, 6.07) is 16.7. The lowest BCUT2D eigenvalue weighted by Gasteiger charge is -2.40. The van der Waals surface area contributed by atoms with Crippen molar-refractivity contribution in [2.45, 2.75) is 147 Å². The van der Waals surface area contributed by atoms with E-state index in [9.17, 15) is 15.3 Å². The summed E-state index contributed by atoms with van der Waals surface area (Å²) in [5.41, 5.74) is 7.63. The molecule has 3 aromatic carbocycles. The molecule has 0 heterocycles. The average Bonchev–Trinajstić information content (AvgIpc) is 3.03. The topological polar surface area (TPSA) is 60.7 Å². The molecule has 3 heteroatoms. The summed E-state index contributed by atoms with van der Waals surface area (Å²) in [4.78, 5) is 0. The van der Waals surface area contributed by atoms with E-state index >= 15 is 0 Å². The smallest absolute Gasteiger partial charge is 0.119 e. The summed E-state index contributed by atoms with van der Waals surface area (Å²) in [7, 11) is 0. The fourth-order valence-corrected chi connectivity index (χ4v) is 8.61. The lowest BCUT2D eigenvalue weighted by molar-refractivity contribution is 0.410. The summed E-state index contributed by atoms with van der Waals surface area (Å²) in [5.74, 6) is 1.91. The van der Waals surface area contributed by atoms with Gasteiger partial charge in [-0.1, -0.05) is 108 Å². The first-order valence-corrected chi connectivity index (χ1v) is 17.8. The van der Waals surface area contributed by atoms with Gasteiger partial charge in [0.1, 0.15) is 17.2 Å². The molecule has 3 nitrogen and oxygen atoms in total. The number of benzene rings is 3. The first-order valence-electron chi connectivity index (χ1n) is 17.8. The molecular weight excluding hydrogens is 540 g/mol. The molecule has 0 aromatic heterocycles. The van der Waals surface area contributed by atoms with Gasteiger partial charge in [0.05, 0.1) is 0 Å². The van der Waals surface area contributed by atoms with Crippen LogP contribution in [-0.4, -0.2) is 15.3 Å². The summed E-state index contributed by atoms with van der Waals surface area (Å²) < 4.78 is 0. The Morgan fingerprint density at radius 1 is 0.591 bits per heavy atom. The van der Waals surface area contributed by atoms with Crippen LogP contribution in [0, 0.1) is 13.8 Å². The van der Waals surface area contributed by atoms with E-state index in [2.05, 4.69) is 45.0 Å². The number of aryl methyl sites for hydroxylation is 2. The highest BCUT2D eigenvalue weighted by Crippen LogP contribution is 2.51. The maximum atomic E-state index is 11.3. The second-order valence-corrected chi connectivity index (χ2v) is 14.1. The SMILES string of the molecule is CCCCCCCCC(c1ccc(O)cc1)(c1cc(C2CCCCC2)c(O)cc1C)c1cc(C2CCCCC2)c(O)cc1C. The number of hydrogen-bond donors (Lipinski definition) is 3. The zero-order valence-corrected chi connectivity index (χ0v) is 27.6. The predicted molar refractivity (Wildman–Crippen MR) is 183 cm³/mol. The van der Waals surface area contributed by atoms with Crippen LogP contribution in [0.4, 0.5) is 0 Å². The Labute approximate surface area is 266 Å². The Morgan fingerprint density at radius 2 is 1.05 bits per heavy atom. The minimum atomic E-state index is -0.471. The second-order valence-electron chi connectivity index (χ2n) is 14.1. The van der Waals surface area contributed by atoms with Gasteiger partial charge < -0.3 is 15.3 Å². The Kier molecular flexibility index (Phi) is 11.0. The second kappa shape index (κ2) is 14.9. The molecule has 2 aliphatic rings. The molecule has 3 N–H and O–H groups in total. The van der Waals surface area contributed by atoms with Crippen LogP contribution in [0.1, 0.15) is 167 Å². The molecule has 0 spiro atoms. The molecule has 5 rings (SSSR count). The summed E-state index contributed by atoms with van der Waals surface area (Å²) >= 11 is 0. The van der Waals surface area contributed by atoms with Crippen molar-refractivity contribution >= 4 is 0 Å². The molecule has 2 saturated carbocycles. The monoisotopic (exact) mass is 596 g/mol. The minimum Gasteiger partial charge on any atom is -0.508 e. The third-order valence-corrected chi connectivity index (χ3v) is 11.0. The fraction of sp³-hybridized carbons (Fsp3) is 0.561. The van der Waals surface area contributed by atoms with Gasteiger partial charge in [-0.25, -0.2) is 0 Å². The van der Waals surface area contributed by atoms with E-state index in [0.717, 1.165) is 60.8 Å². The first-order chi connectivity index (χ1) is 21.3. The molecule has 2 aliphatic carbocycles. The van der Waals surface area contributed by atoms with Crippen LogP contribution >= 0.6 is 0 Å². The molecule has 0 bridgehead atoms. The molecule has 44 heavy (non-hydrogen) atoms. The van der Waals surface area contributed by atoms with E-state index in [1.807, 2.05) is 24.3 Å². The number of phenols is 3. The van der Waals surface area contributed by atoms with Gasteiger partial charge in [-0.3, -0.25) is 0 Å². The Morgan fingerprint density at radius 3 is 1.52 bits per heavy atom. The zero-order chi connectivity index (χ0) is 31.1. The van der Waals surface area contributed by atoms with Crippen LogP contribution in [-0.2, 0) is 5.41 Å². The van der Waals surface area contributed by atoms with Crippen molar-refractivity contribution in [1.29, 1.82) is 0 Å². The molecule has 0 aliphatic heterocycles. The van der Waals surface area contributed by atoms with E-state index in [1.54, 1.807) is 0 Å². The molecule has 0 radical (unpaired) electrons. The third kappa shape index (κ3) is 6.98. The van der Waals surface area contributed by atoms with Crippen molar-refractivity contribution in [2.75, 3.05) is 0 Å². The lowest BCUT2D eigenvalue weighted by atomic mass is 9.63. The highest BCUT2D eigenvalue weighted by molar-refractivity contribution is 5.60. The molecule has 0 saturated heterocycles. The van der Waals surface area contributed by atoms with Crippen molar-refractivity contribution in [3.05, 3.63) is 87.5 Å². The van der Waals surface area contributed by atoms with E-state index in [4.69, 9.17) is 0 Å². The van der Waals surface area contributed by atoms with Crippen LogP contribution < -0.4 is 0 Å². The third-order valence-electron chi connectivity index (χ3n) is 11.0. The molecule has 0 unspecified atom stereocenters. The molecule has 3 aromatic rings. The van der Waals surface area contributed by atoms with Crippen LogP contribution in [0.5, 0.6) is 17.2 Å². The van der Waals surface area contributed by atoms with Crippen LogP contribution in [0.3, 0.4) is 0 Å². The number of rotatable bonds is 12. The summed E-state index contributed by atoms with van der Waals surface area (Å²) in [6.45, 7) is 6.59. The van der Waals surface area contributed by atoms with Gasteiger partial charge in [0.15, 0.2) is 0 Å². The summed E-state index contributed by atoms with van der Waals surface area (Å²) in [5, 5.41) is 33.1. The first kappa shape index (κ1) is 32.5. The number of hydrogen-bond acceptors (Lipinski definition) is 3. The standard InChI is InChI=1S/C41H56O3/c1-4-5-6-7-8-15-24-41(33-20-22-34(42)23-21-33,37-27-35(39(43)25-29(37)2)31-16-11-9-12-17-31)38-28-36(40(44)26-30(38)3)32-18-13-10-14-19-32/h20-23,25-28,31-32,42-44H,4-19,24H2,1-3H3. The molecule has 0 amide bonds. The van der Waals surface area contributed by atoms with Crippen molar-refractivity contribution in [1.82, 2.24) is 0 Å². The van der Waals surface area contributed by atoms with Gasteiger partial charge in [0.25, 0.3) is 0 Å². The number of aromatic hydroxyl groups is 3. The van der Waals surface area contributed by atoms with Gasteiger partial charge in [-0.15, -0.1) is 0 Å². The highest BCUT2D eigenvalue weighted by Gasteiger charge is 2.40. The Balaban J connectivity index is 1.73. The van der Waals surface area contributed by atoms with Crippen LogP contribution in [0.15, 0.2) is 48.5 Å². The van der Waals surface area contributed by atoms with Gasteiger partial charge in [0.2, 0.25) is 0 Å². The number of unbranched alkanes of at least 4 members (excludes halogenated alkanes) is 5. The average molecular weight is 597 g/mol. The maximum Gasteiger partial charge on any atom is 0.119 e. The van der Waals surface area contributed by atoms with Gasteiger partial charge >= 0.3 is 0 Å². The quantitative estimate of drug-likeness (QED) is 0.144. The minimum absolute atomic E-state index is 0.276. The van der Waals surface area contributed by atoms with Crippen molar-refractivity contribution in [2.24, 2.45) is 0 Å². The highest BCUT2D eigenvalue weighted by atomic mass is 16.3.